The molecule has 6 rings (SSSR count). The van der Waals surface area contributed by atoms with Gasteiger partial charge in [0.15, 0.2) is 11.6 Å². The quantitative estimate of drug-likeness (QED) is 0.350. The fraction of sp³-hybridized carbons (Fsp3) is 0.185. The molecule has 3 aromatic rings. The van der Waals surface area contributed by atoms with Gasteiger partial charge in [0.05, 0.1) is 11.6 Å². The standard InChI is InChI=1S/C27H18F3NO2/c28-27(29,30)20-11-4-3-8-18(20)24-15-10-5-9-14(15)22-21(31-24)13-12-19-23(22)26(33)17-7-2-1-6-16(17)25(19)32/h1-9,11-15,24,31H,10H2/t14-,15+,24-/m1/s1. The van der Waals surface area contributed by atoms with E-state index < -0.39 is 17.8 Å². The summed E-state index contributed by atoms with van der Waals surface area (Å²) in [6.45, 7) is 0. The van der Waals surface area contributed by atoms with E-state index in [0.29, 0.717) is 39.9 Å². The number of rotatable bonds is 1. The van der Waals surface area contributed by atoms with Gasteiger partial charge in [0.25, 0.3) is 0 Å². The molecule has 1 aliphatic heterocycles. The van der Waals surface area contributed by atoms with Crippen LogP contribution in [0, 0.1) is 5.92 Å². The van der Waals surface area contributed by atoms with E-state index in [1.165, 1.54) is 12.1 Å². The number of halogens is 3. The summed E-state index contributed by atoms with van der Waals surface area (Å²) in [4.78, 5) is 26.7. The molecule has 164 valence electrons. The van der Waals surface area contributed by atoms with Gasteiger partial charge in [0.1, 0.15) is 0 Å². The summed E-state index contributed by atoms with van der Waals surface area (Å²) >= 11 is 0. The molecule has 0 amide bonds. The maximum atomic E-state index is 13.8. The highest BCUT2D eigenvalue weighted by molar-refractivity contribution is 6.29. The van der Waals surface area contributed by atoms with E-state index in [9.17, 15) is 22.8 Å². The number of fused-ring (bicyclic) bond motifs is 6. The maximum Gasteiger partial charge on any atom is 0.416 e. The second-order valence-electron chi connectivity index (χ2n) is 8.71. The van der Waals surface area contributed by atoms with Crippen LogP contribution < -0.4 is 5.32 Å². The minimum absolute atomic E-state index is 0.194. The maximum absolute atomic E-state index is 13.8. The molecule has 0 aromatic heterocycles. The number of nitrogens with one attached hydrogen (secondary N) is 1. The van der Waals surface area contributed by atoms with Crippen LogP contribution in [0.15, 0.2) is 72.8 Å². The Labute approximate surface area is 187 Å². The summed E-state index contributed by atoms with van der Waals surface area (Å²) in [5.74, 6) is -0.879. The lowest BCUT2D eigenvalue weighted by Crippen LogP contribution is -2.33. The van der Waals surface area contributed by atoms with Crippen molar-refractivity contribution in [3.63, 3.8) is 0 Å². The van der Waals surface area contributed by atoms with Gasteiger partial charge in [0, 0.05) is 33.9 Å². The summed E-state index contributed by atoms with van der Waals surface area (Å²) in [5, 5.41) is 3.30. The minimum atomic E-state index is -4.47. The Bertz CT molecular complexity index is 1370. The first-order chi connectivity index (χ1) is 15.9. The molecule has 0 spiro atoms. The largest absolute Gasteiger partial charge is 0.416 e. The van der Waals surface area contributed by atoms with Crippen molar-refractivity contribution >= 4 is 17.3 Å². The predicted octanol–water partition coefficient (Wildman–Crippen LogP) is 6.31. The van der Waals surface area contributed by atoms with Crippen molar-refractivity contribution in [3.05, 3.63) is 112 Å². The first-order valence-corrected chi connectivity index (χ1v) is 10.8. The Balaban J connectivity index is 1.53. The molecule has 3 nitrogen and oxygen atoms in total. The molecule has 6 heteroatoms. The van der Waals surface area contributed by atoms with Gasteiger partial charge in [-0.25, -0.2) is 0 Å². The number of carbonyl (C=O) groups is 2. The number of ketones is 2. The third kappa shape index (κ3) is 2.83. The SMILES string of the molecule is O=C1c2ccccc2C(=O)c2c1ccc1c2[C@@H]2C=CC[C@@H]2[C@H](c2ccccc2C(F)(F)F)N1. The number of hydrogen-bond acceptors (Lipinski definition) is 3. The highest BCUT2D eigenvalue weighted by Crippen LogP contribution is 2.53. The number of anilines is 1. The molecular weight excluding hydrogens is 427 g/mol. The molecule has 3 aliphatic rings. The van der Waals surface area contributed by atoms with E-state index in [-0.39, 0.29) is 29.0 Å². The van der Waals surface area contributed by atoms with Crippen molar-refractivity contribution < 1.29 is 22.8 Å². The first kappa shape index (κ1) is 20.0. The van der Waals surface area contributed by atoms with E-state index >= 15 is 0 Å². The molecule has 33 heavy (non-hydrogen) atoms. The predicted molar refractivity (Wildman–Crippen MR) is 118 cm³/mol. The molecule has 2 aliphatic carbocycles. The van der Waals surface area contributed by atoms with Gasteiger partial charge in [-0.15, -0.1) is 0 Å². The van der Waals surface area contributed by atoms with Crippen LogP contribution in [0.1, 0.15) is 66.9 Å². The van der Waals surface area contributed by atoms with Crippen molar-refractivity contribution in [3.8, 4) is 0 Å². The van der Waals surface area contributed by atoms with Gasteiger partial charge in [-0.1, -0.05) is 54.6 Å². The van der Waals surface area contributed by atoms with E-state index in [1.54, 1.807) is 42.5 Å². The molecule has 0 unspecified atom stereocenters. The molecule has 1 N–H and O–H groups in total. The normalized spacial score (nSPS) is 22.8. The van der Waals surface area contributed by atoms with Crippen LogP contribution in [0.2, 0.25) is 0 Å². The van der Waals surface area contributed by atoms with Crippen LogP contribution in [-0.4, -0.2) is 11.6 Å². The van der Waals surface area contributed by atoms with E-state index in [1.807, 2.05) is 12.2 Å². The molecule has 3 aromatic carbocycles. The van der Waals surface area contributed by atoms with Crippen molar-refractivity contribution in [2.24, 2.45) is 5.92 Å². The van der Waals surface area contributed by atoms with Gasteiger partial charge in [-0.05, 0) is 41.7 Å². The molecule has 3 atom stereocenters. The lowest BCUT2D eigenvalue weighted by atomic mass is 9.71. The van der Waals surface area contributed by atoms with Crippen molar-refractivity contribution in [2.75, 3.05) is 5.32 Å². The minimum Gasteiger partial charge on any atom is -0.378 e. The van der Waals surface area contributed by atoms with Crippen LogP contribution in [0.3, 0.4) is 0 Å². The van der Waals surface area contributed by atoms with Gasteiger partial charge in [0.2, 0.25) is 0 Å². The number of carbonyl (C=O) groups excluding carboxylic acids is 2. The zero-order valence-corrected chi connectivity index (χ0v) is 17.3. The van der Waals surface area contributed by atoms with Crippen molar-refractivity contribution in [2.45, 2.75) is 24.6 Å². The van der Waals surface area contributed by atoms with E-state index in [0.717, 1.165) is 6.07 Å². The summed E-state index contributed by atoms with van der Waals surface area (Å²) in [6.07, 6.45) is 0.0300. The zero-order valence-electron chi connectivity index (χ0n) is 17.3. The molecule has 0 bridgehead atoms. The Hall–Kier alpha value is -3.67. The Morgan fingerprint density at radius 2 is 1.52 bits per heavy atom. The third-order valence-electron chi connectivity index (χ3n) is 7.02. The molecule has 1 heterocycles. The van der Waals surface area contributed by atoms with E-state index in [4.69, 9.17) is 0 Å². The Morgan fingerprint density at radius 1 is 0.818 bits per heavy atom. The first-order valence-electron chi connectivity index (χ1n) is 10.8. The highest BCUT2D eigenvalue weighted by Gasteiger charge is 2.45. The lowest BCUT2D eigenvalue weighted by molar-refractivity contribution is -0.138. The summed E-state index contributed by atoms with van der Waals surface area (Å²) in [5.41, 5.74) is 2.32. The average Bonchev–Trinajstić information content (AvgIpc) is 3.31. The molecule has 0 saturated carbocycles. The van der Waals surface area contributed by atoms with E-state index in [2.05, 4.69) is 5.32 Å². The second kappa shape index (κ2) is 6.91. The van der Waals surface area contributed by atoms with Gasteiger partial charge in [-0.2, -0.15) is 13.2 Å². The molecule has 0 fully saturated rings. The van der Waals surface area contributed by atoms with Gasteiger partial charge >= 0.3 is 6.18 Å². The summed E-state index contributed by atoms with van der Waals surface area (Å²) in [7, 11) is 0. The number of hydrogen-bond donors (Lipinski definition) is 1. The average molecular weight is 445 g/mol. The molecule has 0 radical (unpaired) electrons. The van der Waals surface area contributed by atoms with Crippen LogP contribution in [0.4, 0.5) is 18.9 Å². The van der Waals surface area contributed by atoms with Crippen LogP contribution in [0.5, 0.6) is 0 Å². The third-order valence-corrected chi connectivity index (χ3v) is 7.02. The Morgan fingerprint density at radius 3 is 2.27 bits per heavy atom. The fourth-order valence-corrected chi connectivity index (χ4v) is 5.62. The zero-order chi connectivity index (χ0) is 22.9. The van der Waals surface area contributed by atoms with Crippen molar-refractivity contribution in [1.29, 1.82) is 0 Å². The number of alkyl halides is 3. The topological polar surface area (TPSA) is 46.2 Å². The summed E-state index contributed by atoms with van der Waals surface area (Å²) in [6, 6.07) is 15.2. The molecular formula is C27H18F3NO2. The van der Waals surface area contributed by atoms with Crippen molar-refractivity contribution in [1.82, 2.24) is 0 Å². The monoisotopic (exact) mass is 445 g/mol. The number of allylic oxidation sites excluding steroid dienone is 2. The fourth-order valence-electron chi connectivity index (χ4n) is 5.62. The summed E-state index contributed by atoms with van der Waals surface area (Å²) < 4.78 is 41.3. The molecule has 0 saturated heterocycles. The van der Waals surface area contributed by atoms with Crippen LogP contribution in [0.25, 0.3) is 0 Å². The smallest absolute Gasteiger partial charge is 0.378 e. The van der Waals surface area contributed by atoms with Crippen LogP contribution in [-0.2, 0) is 6.18 Å². The second-order valence-corrected chi connectivity index (χ2v) is 8.71. The Kier molecular flexibility index (Phi) is 4.18. The highest BCUT2D eigenvalue weighted by atomic mass is 19.4. The van der Waals surface area contributed by atoms with Gasteiger partial charge < -0.3 is 5.32 Å². The van der Waals surface area contributed by atoms with Gasteiger partial charge in [-0.3, -0.25) is 9.59 Å². The number of benzene rings is 3. The lowest BCUT2D eigenvalue weighted by Gasteiger charge is -2.40. The van der Waals surface area contributed by atoms with Crippen LogP contribution >= 0.6 is 0 Å².